The molecule has 0 aliphatic carbocycles. The molecule has 0 radical (unpaired) electrons. The molecule has 90 valence electrons. The molecule has 3 nitrogen and oxygen atoms in total. The molecule has 1 saturated heterocycles. The molecule has 1 aromatic carbocycles. The summed E-state index contributed by atoms with van der Waals surface area (Å²) in [6.45, 7) is 5.03. The number of likely N-dealkylation sites (tertiary alicyclic amines) is 1. The maximum atomic E-state index is 8.87. The summed E-state index contributed by atoms with van der Waals surface area (Å²) in [6.07, 6.45) is 1.19. The monoisotopic (exact) mass is 229 g/mol. The zero-order valence-electron chi connectivity index (χ0n) is 10.3. The highest BCUT2D eigenvalue weighted by Crippen LogP contribution is 2.24. The van der Waals surface area contributed by atoms with E-state index in [-0.39, 0.29) is 0 Å². The lowest BCUT2D eigenvalue weighted by Gasteiger charge is -2.21. The van der Waals surface area contributed by atoms with Crippen molar-refractivity contribution >= 4 is 0 Å². The molecule has 2 unspecified atom stereocenters. The minimum atomic E-state index is 0.592. The molecule has 1 aliphatic heterocycles. The number of nitrogens with zero attached hydrogens (tertiary/aromatic N) is 2. The van der Waals surface area contributed by atoms with E-state index in [4.69, 9.17) is 11.0 Å². The van der Waals surface area contributed by atoms with Gasteiger partial charge >= 0.3 is 0 Å². The van der Waals surface area contributed by atoms with E-state index in [1.54, 1.807) is 0 Å². The number of hydrogen-bond acceptors (Lipinski definition) is 3. The number of rotatable bonds is 3. The van der Waals surface area contributed by atoms with E-state index in [0.29, 0.717) is 12.0 Å². The average Bonchev–Trinajstić information content (AvgIpc) is 2.70. The largest absolute Gasteiger partial charge is 0.330 e. The Kier molecular flexibility index (Phi) is 3.78. The molecule has 2 N–H and O–H groups in total. The fourth-order valence-corrected chi connectivity index (χ4v) is 2.58. The second kappa shape index (κ2) is 5.31. The van der Waals surface area contributed by atoms with Crippen molar-refractivity contribution in [3.63, 3.8) is 0 Å². The van der Waals surface area contributed by atoms with Gasteiger partial charge in [0.05, 0.1) is 11.6 Å². The van der Waals surface area contributed by atoms with Crippen molar-refractivity contribution in [2.45, 2.75) is 25.9 Å². The minimum absolute atomic E-state index is 0.592. The third-order valence-corrected chi connectivity index (χ3v) is 3.57. The summed E-state index contributed by atoms with van der Waals surface area (Å²) < 4.78 is 0. The van der Waals surface area contributed by atoms with Crippen LogP contribution < -0.4 is 5.73 Å². The molecule has 3 heteroatoms. The number of benzene rings is 1. The highest BCUT2D eigenvalue weighted by atomic mass is 15.2. The topological polar surface area (TPSA) is 53.0 Å². The van der Waals surface area contributed by atoms with Crippen molar-refractivity contribution in [3.8, 4) is 6.07 Å². The lowest BCUT2D eigenvalue weighted by Crippen LogP contribution is -2.27. The fraction of sp³-hybridized carbons (Fsp3) is 0.500. The van der Waals surface area contributed by atoms with E-state index in [1.165, 1.54) is 12.0 Å². The first kappa shape index (κ1) is 12.1. The summed E-state index contributed by atoms with van der Waals surface area (Å²) in [7, 11) is 0. The smallest absolute Gasteiger partial charge is 0.0991 e. The molecule has 2 rings (SSSR count). The van der Waals surface area contributed by atoms with E-state index >= 15 is 0 Å². The summed E-state index contributed by atoms with van der Waals surface area (Å²) in [5, 5.41) is 8.87. The third kappa shape index (κ3) is 2.85. The van der Waals surface area contributed by atoms with E-state index in [9.17, 15) is 0 Å². The van der Waals surface area contributed by atoms with Gasteiger partial charge < -0.3 is 5.73 Å². The summed E-state index contributed by atoms with van der Waals surface area (Å²) in [4.78, 5) is 2.45. The van der Waals surface area contributed by atoms with Crippen LogP contribution in [0.3, 0.4) is 0 Å². The van der Waals surface area contributed by atoms with Gasteiger partial charge in [-0.25, -0.2) is 0 Å². The molecule has 1 fully saturated rings. The standard InChI is InChI=1S/C14H19N3/c1-11-5-14(8-16)10-17(11)9-13-4-2-3-12(6-13)7-15/h2-4,6,11,14H,5,8-10,16H2,1H3. The van der Waals surface area contributed by atoms with Crippen molar-refractivity contribution in [2.75, 3.05) is 13.1 Å². The molecular formula is C14H19N3. The van der Waals surface area contributed by atoms with Gasteiger partial charge in [-0.2, -0.15) is 5.26 Å². The molecular weight excluding hydrogens is 210 g/mol. The van der Waals surface area contributed by atoms with Gasteiger partial charge in [-0.3, -0.25) is 4.90 Å². The maximum absolute atomic E-state index is 8.87. The van der Waals surface area contributed by atoms with Crippen LogP contribution in [-0.2, 0) is 6.54 Å². The molecule has 0 bridgehead atoms. The van der Waals surface area contributed by atoms with Gasteiger partial charge in [0.1, 0.15) is 0 Å². The van der Waals surface area contributed by atoms with Crippen molar-refractivity contribution in [1.82, 2.24) is 4.90 Å². The van der Waals surface area contributed by atoms with Crippen molar-refractivity contribution < 1.29 is 0 Å². The van der Waals surface area contributed by atoms with Gasteiger partial charge in [0, 0.05) is 19.1 Å². The normalized spacial score (nSPS) is 24.8. The highest BCUT2D eigenvalue weighted by molar-refractivity contribution is 5.32. The van der Waals surface area contributed by atoms with Crippen LogP contribution in [0.2, 0.25) is 0 Å². The highest BCUT2D eigenvalue weighted by Gasteiger charge is 2.27. The van der Waals surface area contributed by atoms with Crippen LogP contribution in [0.15, 0.2) is 24.3 Å². The SMILES string of the molecule is CC1CC(CN)CN1Cc1cccc(C#N)c1. The Labute approximate surface area is 103 Å². The average molecular weight is 229 g/mol. The second-order valence-electron chi connectivity index (χ2n) is 4.93. The predicted octanol–water partition coefficient (Wildman–Crippen LogP) is 1.73. The summed E-state index contributed by atoms with van der Waals surface area (Å²) in [6, 6.07) is 10.6. The summed E-state index contributed by atoms with van der Waals surface area (Å²) in [5.74, 6) is 0.629. The maximum Gasteiger partial charge on any atom is 0.0991 e. The van der Waals surface area contributed by atoms with Gasteiger partial charge in [-0.1, -0.05) is 12.1 Å². The number of hydrogen-bond donors (Lipinski definition) is 1. The molecule has 0 amide bonds. The quantitative estimate of drug-likeness (QED) is 0.858. The van der Waals surface area contributed by atoms with Crippen molar-refractivity contribution in [2.24, 2.45) is 11.7 Å². The Morgan fingerprint density at radius 2 is 2.35 bits per heavy atom. The fourth-order valence-electron chi connectivity index (χ4n) is 2.58. The Morgan fingerprint density at radius 1 is 1.53 bits per heavy atom. The Bertz CT molecular complexity index is 422. The Balaban J connectivity index is 2.03. The molecule has 0 saturated carbocycles. The first-order valence-electron chi connectivity index (χ1n) is 6.16. The van der Waals surface area contributed by atoms with Crippen molar-refractivity contribution in [3.05, 3.63) is 35.4 Å². The lowest BCUT2D eigenvalue weighted by molar-refractivity contribution is 0.256. The van der Waals surface area contributed by atoms with Crippen molar-refractivity contribution in [1.29, 1.82) is 5.26 Å². The van der Waals surface area contributed by atoms with Gasteiger partial charge in [0.2, 0.25) is 0 Å². The molecule has 0 spiro atoms. The second-order valence-corrected chi connectivity index (χ2v) is 4.93. The summed E-state index contributed by atoms with van der Waals surface area (Å²) in [5.41, 5.74) is 7.68. The number of nitriles is 1. The Morgan fingerprint density at radius 3 is 3.00 bits per heavy atom. The van der Waals surface area contributed by atoms with Gasteiger partial charge in [0.15, 0.2) is 0 Å². The number of nitrogens with two attached hydrogens (primary N) is 1. The lowest BCUT2D eigenvalue weighted by atomic mass is 10.1. The first-order valence-corrected chi connectivity index (χ1v) is 6.16. The van der Waals surface area contributed by atoms with E-state index < -0.39 is 0 Å². The van der Waals surface area contributed by atoms with Crippen LogP contribution in [0.1, 0.15) is 24.5 Å². The molecule has 17 heavy (non-hydrogen) atoms. The zero-order valence-corrected chi connectivity index (χ0v) is 10.3. The van der Waals surface area contributed by atoms with Crippen LogP contribution in [0.5, 0.6) is 0 Å². The third-order valence-electron chi connectivity index (χ3n) is 3.57. The van der Waals surface area contributed by atoms with Crippen LogP contribution in [0.25, 0.3) is 0 Å². The van der Waals surface area contributed by atoms with Gasteiger partial charge in [-0.05, 0) is 43.5 Å². The van der Waals surface area contributed by atoms with Crippen LogP contribution >= 0.6 is 0 Å². The first-order chi connectivity index (χ1) is 8.22. The predicted molar refractivity (Wildman–Crippen MR) is 68.2 cm³/mol. The molecule has 2 atom stereocenters. The van der Waals surface area contributed by atoms with E-state index in [0.717, 1.165) is 25.2 Å². The van der Waals surface area contributed by atoms with Crippen LogP contribution in [0.4, 0.5) is 0 Å². The van der Waals surface area contributed by atoms with Crippen LogP contribution in [0, 0.1) is 17.2 Å². The van der Waals surface area contributed by atoms with E-state index in [2.05, 4.69) is 24.0 Å². The minimum Gasteiger partial charge on any atom is -0.330 e. The molecule has 1 heterocycles. The molecule has 1 aliphatic rings. The van der Waals surface area contributed by atoms with Gasteiger partial charge in [-0.15, -0.1) is 0 Å². The molecule has 1 aromatic rings. The Hall–Kier alpha value is -1.37. The van der Waals surface area contributed by atoms with Crippen LogP contribution in [-0.4, -0.2) is 24.0 Å². The summed E-state index contributed by atoms with van der Waals surface area (Å²) >= 11 is 0. The zero-order chi connectivity index (χ0) is 12.3. The van der Waals surface area contributed by atoms with Gasteiger partial charge in [0.25, 0.3) is 0 Å². The van der Waals surface area contributed by atoms with E-state index in [1.807, 2.05) is 18.2 Å². The molecule has 0 aromatic heterocycles.